The van der Waals surface area contributed by atoms with E-state index in [0.29, 0.717) is 13.0 Å². The standard InChI is InChI=1S/C17H18O3/c1-20-12-11-16(17(18)19)15-9-7-14(8-10-15)13-5-3-2-4-6-13/h2-10,16H,11-12H2,1H3,(H,18,19). The molecule has 104 valence electrons. The van der Waals surface area contributed by atoms with Gasteiger partial charge in [0, 0.05) is 13.7 Å². The van der Waals surface area contributed by atoms with E-state index in [-0.39, 0.29) is 0 Å². The molecule has 1 atom stereocenters. The number of benzene rings is 2. The van der Waals surface area contributed by atoms with Crippen molar-refractivity contribution in [1.29, 1.82) is 0 Å². The summed E-state index contributed by atoms with van der Waals surface area (Å²) >= 11 is 0. The van der Waals surface area contributed by atoms with E-state index in [4.69, 9.17) is 4.74 Å². The van der Waals surface area contributed by atoms with Gasteiger partial charge in [0.2, 0.25) is 0 Å². The van der Waals surface area contributed by atoms with E-state index in [1.165, 1.54) is 0 Å². The first-order valence-electron chi connectivity index (χ1n) is 6.59. The van der Waals surface area contributed by atoms with Gasteiger partial charge in [-0.1, -0.05) is 54.6 Å². The zero-order valence-corrected chi connectivity index (χ0v) is 11.5. The molecule has 1 N–H and O–H groups in total. The topological polar surface area (TPSA) is 46.5 Å². The van der Waals surface area contributed by atoms with Crippen LogP contribution in [0.4, 0.5) is 0 Å². The lowest BCUT2D eigenvalue weighted by molar-refractivity contribution is -0.139. The third-order valence-corrected chi connectivity index (χ3v) is 3.33. The molecule has 0 fully saturated rings. The van der Waals surface area contributed by atoms with Gasteiger partial charge in [-0.05, 0) is 23.1 Å². The first kappa shape index (κ1) is 14.3. The minimum atomic E-state index is -0.811. The molecular formula is C17H18O3. The van der Waals surface area contributed by atoms with Gasteiger partial charge in [-0.3, -0.25) is 4.79 Å². The Morgan fingerprint density at radius 2 is 1.65 bits per heavy atom. The highest BCUT2D eigenvalue weighted by molar-refractivity contribution is 5.76. The normalized spacial score (nSPS) is 12.1. The van der Waals surface area contributed by atoms with Gasteiger partial charge in [-0.25, -0.2) is 0 Å². The lowest BCUT2D eigenvalue weighted by Crippen LogP contribution is -2.13. The maximum Gasteiger partial charge on any atom is 0.311 e. The highest BCUT2D eigenvalue weighted by Crippen LogP contribution is 2.24. The summed E-state index contributed by atoms with van der Waals surface area (Å²) in [6, 6.07) is 17.7. The monoisotopic (exact) mass is 270 g/mol. The van der Waals surface area contributed by atoms with Crippen LogP contribution in [0.3, 0.4) is 0 Å². The molecule has 3 heteroatoms. The van der Waals surface area contributed by atoms with Crippen LogP contribution in [0, 0.1) is 0 Å². The van der Waals surface area contributed by atoms with E-state index in [2.05, 4.69) is 0 Å². The zero-order valence-electron chi connectivity index (χ0n) is 11.5. The lowest BCUT2D eigenvalue weighted by atomic mass is 9.94. The highest BCUT2D eigenvalue weighted by Gasteiger charge is 2.19. The van der Waals surface area contributed by atoms with Crippen LogP contribution in [0.5, 0.6) is 0 Å². The van der Waals surface area contributed by atoms with Gasteiger partial charge in [-0.15, -0.1) is 0 Å². The van der Waals surface area contributed by atoms with Crippen molar-refractivity contribution in [3.63, 3.8) is 0 Å². The lowest BCUT2D eigenvalue weighted by Gasteiger charge is -2.13. The van der Waals surface area contributed by atoms with Crippen molar-refractivity contribution >= 4 is 5.97 Å². The van der Waals surface area contributed by atoms with Gasteiger partial charge < -0.3 is 9.84 Å². The summed E-state index contributed by atoms with van der Waals surface area (Å²) in [5, 5.41) is 9.28. The van der Waals surface area contributed by atoms with E-state index in [1.54, 1.807) is 7.11 Å². The second-order valence-electron chi connectivity index (χ2n) is 4.66. The number of ether oxygens (including phenoxy) is 1. The molecule has 0 aliphatic rings. The van der Waals surface area contributed by atoms with Crippen LogP contribution in [0.25, 0.3) is 11.1 Å². The molecule has 0 saturated heterocycles. The van der Waals surface area contributed by atoms with Gasteiger partial charge in [0.15, 0.2) is 0 Å². The van der Waals surface area contributed by atoms with Crippen LogP contribution in [0.2, 0.25) is 0 Å². The second kappa shape index (κ2) is 6.87. The number of rotatable bonds is 6. The third-order valence-electron chi connectivity index (χ3n) is 3.33. The predicted octanol–water partition coefficient (Wildman–Crippen LogP) is 3.56. The molecule has 1 unspecified atom stereocenters. The van der Waals surface area contributed by atoms with Crippen LogP contribution in [0.15, 0.2) is 54.6 Å². The number of methoxy groups -OCH3 is 1. The molecule has 0 bridgehead atoms. The van der Waals surface area contributed by atoms with Gasteiger partial charge in [0.25, 0.3) is 0 Å². The van der Waals surface area contributed by atoms with Gasteiger partial charge in [0.1, 0.15) is 0 Å². The Labute approximate surface area is 118 Å². The summed E-state index contributed by atoms with van der Waals surface area (Å²) in [6.45, 7) is 0.442. The Bertz CT molecular complexity index is 546. The maximum atomic E-state index is 11.3. The molecular weight excluding hydrogens is 252 g/mol. The number of carboxylic acid groups (broad SMARTS) is 1. The Hall–Kier alpha value is -2.13. The third kappa shape index (κ3) is 3.45. The van der Waals surface area contributed by atoms with Crippen LogP contribution < -0.4 is 0 Å². The van der Waals surface area contributed by atoms with Gasteiger partial charge in [-0.2, -0.15) is 0 Å². The van der Waals surface area contributed by atoms with Crippen LogP contribution in [-0.4, -0.2) is 24.8 Å². The minimum Gasteiger partial charge on any atom is -0.481 e. The van der Waals surface area contributed by atoms with Crippen LogP contribution in [-0.2, 0) is 9.53 Å². The summed E-state index contributed by atoms with van der Waals surface area (Å²) in [4.78, 5) is 11.3. The van der Waals surface area contributed by atoms with Crippen molar-refractivity contribution in [2.75, 3.05) is 13.7 Å². The molecule has 0 amide bonds. The molecule has 20 heavy (non-hydrogen) atoms. The molecule has 0 radical (unpaired) electrons. The van der Waals surface area contributed by atoms with E-state index >= 15 is 0 Å². The van der Waals surface area contributed by atoms with E-state index < -0.39 is 11.9 Å². The summed E-state index contributed by atoms with van der Waals surface area (Å²) in [6.07, 6.45) is 0.483. The van der Waals surface area contributed by atoms with Gasteiger partial charge in [0.05, 0.1) is 5.92 Å². The fourth-order valence-corrected chi connectivity index (χ4v) is 2.21. The second-order valence-corrected chi connectivity index (χ2v) is 4.66. The van der Waals surface area contributed by atoms with E-state index in [0.717, 1.165) is 16.7 Å². The molecule has 3 nitrogen and oxygen atoms in total. The summed E-state index contributed by atoms with van der Waals surface area (Å²) in [7, 11) is 1.58. The maximum absolute atomic E-state index is 11.3. The Morgan fingerprint density at radius 1 is 1.05 bits per heavy atom. The molecule has 0 aliphatic heterocycles. The Kier molecular flexibility index (Phi) is 4.91. The molecule has 2 aromatic rings. The fraction of sp³-hybridized carbons (Fsp3) is 0.235. The SMILES string of the molecule is COCCC(C(=O)O)c1ccc(-c2ccccc2)cc1. The van der Waals surface area contributed by atoms with Crippen molar-refractivity contribution in [3.05, 3.63) is 60.2 Å². The molecule has 0 spiro atoms. The number of hydrogen-bond acceptors (Lipinski definition) is 2. The smallest absolute Gasteiger partial charge is 0.311 e. The van der Waals surface area contributed by atoms with Crippen molar-refractivity contribution in [2.24, 2.45) is 0 Å². The van der Waals surface area contributed by atoms with Crippen molar-refractivity contribution in [1.82, 2.24) is 0 Å². The molecule has 0 saturated carbocycles. The van der Waals surface area contributed by atoms with Crippen molar-refractivity contribution in [3.8, 4) is 11.1 Å². The quantitative estimate of drug-likeness (QED) is 0.873. The number of carboxylic acids is 1. The largest absolute Gasteiger partial charge is 0.481 e. The molecule has 2 aromatic carbocycles. The van der Waals surface area contributed by atoms with Crippen LogP contribution >= 0.6 is 0 Å². The van der Waals surface area contributed by atoms with E-state index in [1.807, 2.05) is 54.6 Å². The van der Waals surface area contributed by atoms with Gasteiger partial charge >= 0.3 is 5.97 Å². The highest BCUT2D eigenvalue weighted by atomic mass is 16.5. The summed E-state index contributed by atoms with van der Waals surface area (Å²) in [5.41, 5.74) is 3.03. The first-order chi connectivity index (χ1) is 9.72. The van der Waals surface area contributed by atoms with Crippen LogP contribution in [0.1, 0.15) is 17.9 Å². The number of carbonyl (C=O) groups is 1. The average Bonchev–Trinajstić information content (AvgIpc) is 2.49. The predicted molar refractivity (Wildman–Crippen MR) is 78.7 cm³/mol. The Balaban J connectivity index is 2.20. The van der Waals surface area contributed by atoms with Crippen molar-refractivity contribution < 1.29 is 14.6 Å². The number of hydrogen-bond donors (Lipinski definition) is 1. The molecule has 0 heterocycles. The zero-order chi connectivity index (χ0) is 14.4. The molecule has 0 aliphatic carbocycles. The number of aliphatic carboxylic acids is 1. The first-order valence-corrected chi connectivity index (χ1v) is 6.59. The molecule has 2 rings (SSSR count). The summed E-state index contributed by atoms with van der Waals surface area (Å²) < 4.78 is 4.97. The van der Waals surface area contributed by atoms with E-state index in [9.17, 15) is 9.90 Å². The van der Waals surface area contributed by atoms with Crippen molar-refractivity contribution in [2.45, 2.75) is 12.3 Å². The molecule has 0 aromatic heterocycles. The minimum absolute atomic E-state index is 0.442. The summed E-state index contributed by atoms with van der Waals surface area (Å²) in [5.74, 6) is -1.32. The fourth-order valence-electron chi connectivity index (χ4n) is 2.21. The average molecular weight is 270 g/mol. The Morgan fingerprint density at radius 3 is 2.20 bits per heavy atom.